The zero-order valence-electron chi connectivity index (χ0n) is 18.1. The molecule has 1 aromatic carbocycles. The van der Waals surface area contributed by atoms with Crippen LogP contribution in [-0.2, 0) is 15.0 Å². The second-order valence-corrected chi connectivity index (χ2v) is 10.1. The molecule has 2 aliphatic rings. The van der Waals surface area contributed by atoms with Gasteiger partial charge < -0.3 is 9.80 Å². The Morgan fingerprint density at radius 2 is 1.78 bits per heavy atom. The number of pyridine rings is 1. The van der Waals surface area contributed by atoms with Crippen molar-refractivity contribution in [1.82, 2.24) is 14.2 Å². The van der Waals surface area contributed by atoms with Crippen LogP contribution >= 0.6 is 0 Å². The number of benzene rings is 1. The average molecular weight is 462 g/mol. The van der Waals surface area contributed by atoms with Crippen LogP contribution in [0.2, 0.25) is 0 Å². The first-order valence-corrected chi connectivity index (χ1v) is 12.2. The topological polar surface area (TPSA) is 77.1 Å². The molecule has 1 atom stereocenters. The monoisotopic (exact) mass is 461 g/mol. The van der Waals surface area contributed by atoms with Gasteiger partial charge in [0.05, 0.1) is 11.6 Å². The zero-order chi connectivity index (χ0) is 22.7. The van der Waals surface area contributed by atoms with E-state index >= 15 is 0 Å². The Morgan fingerprint density at radius 3 is 2.44 bits per heavy atom. The first-order valence-electron chi connectivity index (χ1n) is 10.8. The fraction of sp³-hybridized carbons (Fsp3) is 0.455. The highest BCUT2D eigenvalue weighted by molar-refractivity contribution is 7.90. The van der Waals surface area contributed by atoms with E-state index in [1.165, 1.54) is 35.6 Å². The number of halogens is 1. The molecule has 2 saturated heterocycles. The Labute approximate surface area is 188 Å². The van der Waals surface area contributed by atoms with Crippen molar-refractivity contribution >= 4 is 27.6 Å². The Morgan fingerprint density at radius 1 is 1.06 bits per heavy atom. The minimum Gasteiger partial charge on any atom is -0.353 e. The molecule has 8 nitrogen and oxygen atoms in total. The highest BCUT2D eigenvalue weighted by atomic mass is 32.2. The van der Waals surface area contributed by atoms with Crippen molar-refractivity contribution in [2.24, 2.45) is 5.92 Å². The third-order valence-electron chi connectivity index (χ3n) is 6.16. The van der Waals surface area contributed by atoms with Gasteiger partial charge >= 0.3 is 10.2 Å². The molecular weight excluding hydrogens is 433 g/mol. The lowest BCUT2D eigenvalue weighted by atomic mass is 9.98. The zero-order valence-corrected chi connectivity index (χ0v) is 18.9. The van der Waals surface area contributed by atoms with Gasteiger partial charge in [0.2, 0.25) is 5.91 Å². The molecule has 2 aliphatic heterocycles. The number of piperidine rings is 1. The number of amides is 1. The van der Waals surface area contributed by atoms with Crippen molar-refractivity contribution in [3.05, 3.63) is 54.5 Å². The highest BCUT2D eigenvalue weighted by Crippen LogP contribution is 2.26. The summed E-state index contributed by atoms with van der Waals surface area (Å²) in [4.78, 5) is 21.5. The third-order valence-corrected chi connectivity index (χ3v) is 8.05. The summed E-state index contributed by atoms with van der Waals surface area (Å²) in [7, 11) is -2.36. The van der Waals surface area contributed by atoms with E-state index in [1.54, 1.807) is 6.20 Å². The number of aromatic nitrogens is 1. The normalized spacial score (nSPS) is 20.2. The molecule has 1 amide bonds. The summed E-state index contributed by atoms with van der Waals surface area (Å²) in [6.07, 6.45) is 3.05. The molecule has 0 radical (unpaired) electrons. The molecule has 0 bridgehead atoms. The molecule has 172 valence electrons. The minimum absolute atomic E-state index is 0.00926. The molecule has 2 aromatic rings. The number of anilines is 2. The van der Waals surface area contributed by atoms with Gasteiger partial charge in [-0.2, -0.15) is 12.7 Å². The van der Waals surface area contributed by atoms with Gasteiger partial charge in [0.1, 0.15) is 11.6 Å². The van der Waals surface area contributed by atoms with Gasteiger partial charge in [-0.1, -0.05) is 6.07 Å². The second kappa shape index (κ2) is 9.41. The van der Waals surface area contributed by atoms with Gasteiger partial charge in [0, 0.05) is 52.5 Å². The van der Waals surface area contributed by atoms with Crippen molar-refractivity contribution in [2.45, 2.75) is 12.8 Å². The largest absolute Gasteiger partial charge is 0.353 e. The van der Waals surface area contributed by atoms with Crippen LogP contribution in [0.4, 0.5) is 15.9 Å². The first-order chi connectivity index (χ1) is 15.4. The summed E-state index contributed by atoms with van der Waals surface area (Å²) in [5, 5.41) is 0. The Bertz CT molecular complexity index is 1030. The summed E-state index contributed by atoms with van der Waals surface area (Å²) in [5.74, 6) is 0.126. The van der Waals surface area contributed by atoms with E-state index in [0.717, 1.165) is 10.1 Å². The van der Waals surface area contributed by atoms with Crippen molar-refractivity contribution in [3.8, 4) is 0 Å². The van der Waals surface area contributed by atoms with Gasteiger partial charge in [-0.05, 0) is 49.2 Å². The van der Waals surface area contributed by atoms with Gasteiger partial charge in [-0.25, -0.2) is 9.37 Å². The summed E-state index contributed by atoms with van der Waals surface area (Å²) >= 11 is 0. The maximum Gasteiger partial charge on any atom is 0.303 e. The predicted octanol–water partition coefficient (Wildman–Crippen LogP) is 1.96. The third kappa shape index (κ3) is 4.71. The quantitative estimate of drug-likeness (QED) is 0.681. The number of piperazine rings is 1. The van der Waals surface area contributed by atoms with E-state index in [9.17, 15) is 17.6 Å². The van der Waals surface area contributed by atoms with E-state index in [-0.39, 0.29) is 18.4 Å². The van der Waals surface area contributed by atoms with E-state index in [0.29, 0.717) is 51.3 Å². The molecule has 1 aromatic heterocycles. The molecule has 32 heavy (non-hydrogen) atoms. The smallest absolute Gasteiger partial charge is 0.303 e. The second-order valence-electron chi connectivity index (χ2n) is 8.15. The van der Waals surface area contributed by atoms with Crippen LogP contribution in [0.3, 0.4) is 0 Å². The van der Waals surface area contributed by atoms with Crippen LogP contribution in [0.1, 0.15) is 12.8 Å². The summed E-state index contributed by atoms with van der Waals surface area (Å²) in [6.45, 7) is 3.11. The average Bonchev–Trinajstić information content (AvgIpc) is 2.84. The molecule has 4 rings (SSSR count). The summed E-state index contributed by atoms with van der Waals surface area (Å²) in [6, 6.07) is 11.1. The number of carbonyl (C=O) groups excluding carboxylic acids is 1. The molecule has 0 saturated carbocycles. The lowest BCUT2D eigenvalue weighted by Crippen LogP contribution is -2.54. The van der Waals surface area contributed by atoms with Crippen molar-refractivity contribution in [2.75, 3.05) is 55.5 Å². The Hall–Kier alpha value is -2.72. The lowest BCUT2D eigenvalue weighted by molar-refractivity contribution is -0.137. The van der Waals surface area contributed by atoms with E-state index in [1.807, 2.05) is 23.1 Å². The Kier molecular flexibility index (Phi) is 6.61. The number of nitrogens with zero attached hydrogens (tertiary/aromatic N) is 5. The highest BCUT2D eigenvalue weighted by Gasteiger charge is 2.37. The van der Waals surface area contributed by atoms with Crippen LogP contribution < -0.4 is 9.21 Å². The van der Waals surface area contributed by atoms with Gasteiger partial charge in [-0.15, -0.1) is 0 Å². The predicted molar refractivity (Wildman–Crippen MR) is 121 cm³/mol. The molecule has 0 aliphatic carbocycles. The molecule has 10 heteroatoms. The number of hydrogen-bond donors (Lipinski definition) is 0. The molecule has 1 unspecified atom stereocenters. The minimum atomic E-state index is -3.81. The van der Waals surface area contributed by atoms with Crippen LogP contribution in [-0.4, -0.2) is 74.8 Å². The van der Waals surface area contributed by atoms with Gasteiger partial charge in [0.15, 0.2) is 0 Å². The van der Waals surface area contributed by atoms with E-state index in [2.05, 4.69) is 9.88 Å². The first kappa shape index (κ1) is 22.5. The number of carbonyl (C=O) groups is 1. The summed E-state index contributed by atoms with van der Waals surface area (Å²) in [5.41, 5.74) is 0.380. The van der Waals surface area contributed by atoms with Crippen LogP contribution in [0.25, 0.3) is 0 Å². The van der Waals surface area contributed by atoms with Crippen molar-refractivity contribution in [3.63, 3.8) is 0 Å². The Balaban J connectivity index is 1.38. The molecule has 2 fully saturated rings. The number of rotatable bonds is 5. The van der Waals surface area contributed by atoms with E-state index in [4.69, 9.17) is 0 Å². The maximum absolute atomic E-state index is 13.2. The van der Waals surface area contributed by atoms with Crippen molar-refractivity contribution in [1.29, 1.82) is 0 Å². The molecule has 0 N–H and O–H groups in total. The van der Waals surface area contributed by atoms with Crippen molar-refractivity contribution < 1.29 is 17.6 Å². The molecule has 0 spiro atoms. The standard InChI is InChI=1S/C22H28FN5O3S/c1-25(20-9-7-19(23)8-10-20)32(30,31)28-12-4-5-18(17-28)22(29)27-15-13-26(14-16-27)21-6-2-3-11-24-21/h2-3,6-11,18H,4-5,12-17H2,1H3. The molecule has 3 heterocycles. The number of hydrogen-bond acceptors (Lipinski definition) is 5. The fourth-order valence-corrected chi connectivity index (χ4v) is 5.73. The van der Waals surface area contributed by atoms with E-state index < -0.39 is 16.0 Å². The van der Waals surface area contributed by atoms with Gasteiger partial charge in [-0.3, -0.25) is 9.10 Å². The SMILES string of the molecule is CN(c1ccc(F)cc1)S(=O)(=O)N1CCCC(C(=O)N2CCN(c3ccccn3)CC2)C1. The van der Waals surface area contributed by atoms with Crippen LogP contribution in [0.15, 0.2) is 48.7 Å². The maximum atomic E-state index is 13.2. The lowest BCUT2D eigenvalue weighted by Gasteiger charge is -2.39. The fourth-order valence-electron chi connectivity index (χ4n) is 4.27. The van der Waals surface area contributed by atoms with Crippen LogP contribution in [0, 0.1) is 11.7 Å². The summed E-state index contributed by atoms with van der Waals surface area (Å²) < 4.78 is 42.0. The molecular formula is C22H28FN5O3S. The van der Waals surface area contributed by atoms with Crippen LogP contribution in [0.5, 0.6) is 0 Å². The van der Waals surface area contributed by atoms with Gasteiger partial charge in [0.25, 0.3) is 0 Å².